The number of nitrogens with one attached hydrogen (secondary N) is 1. The number of nitrogens with zero attached hydrogens (tertiary/aromatic N) is 3. The van der Waals surface area contributed by atoms with Gasteiger partial charge in [-0.05, 0) is 18.2 Å². The van der Waals surface area contributed by atoms with Crippen molar-refractivity contribution < 1.29 is 9.13 Å². The van der Waals surface area contributed by atoms with E-state index in [9.17, 15) is 9.18 Å². The Labute approximate surface area is 134 Å². The van der Waals surface area contributed by atoms with Crippen molar-refractivity contribution in [2.45, 2.75) is 11.5 Å². The minimum Gasteiger partial charge on any atom is -0.496 e. The van der Waals surface area contributed by atoms with Gasteiger partial charge < -0.3 is 10.5 Å². The van der Waals surface area contributed by atoms with Crippen molar-refractivity contribution in [1.29, 1.82) is 0 Å². The van der Waals surface area contributed by atoms with Crippen LogP contribution in [-0.2, 0) is 11.5 Å². The minimum atomic E-state index is -0.314. The topological polar surface area (TPSA) is 98.3 Å². The highest BCUT2D eigenvalue weighted by Gasteiger charge is 2.08. The number of aromatic amines is 1. The predicted octanol–water partition coefficient (Wildman–Crippen LogP) is 1.58. The molecule has 2 heterocycles. The van der Waals surface area contributed by atoms with E-state index in [0.29, 0.717) is 22.9 Å². The Bertz CT molecular complexity index is 908. The van der Waals surface area contributed by atoms with Gasteiger partial charge in [0, 0.05) is 23.1 Å². The first-order valence-electron chi connectivity index (χ1n) is 6.71. The molecule has 1 aromatic carbocycles. The Morgan fingerprint density at radius 3 is 2.96 bits per heavy atom. The molecule has 9 heteroatoms. The van der Waals surface area contributed by atoms with E-state index >= 15 is 0 Å². The Hall–Kier alpha value is -2.55. The van der Waals surface area contributed by atoms with Gasteiger partial charge >= 0.3 is 0 Å². The third-order valence-corrected chi connectivity index (χ3v) is 4.17. The van der Waals surface area contributed by atoms with Crippen molar-refractivity contribution in [1.82, 2.24) is 19.6 Å². The number of aromatic nitrogens is 4. The van der Waals surface area contributed by atoms with Crippen LogP contribution in [0.25, 0.3) is 5.78 Å². The molecule has 0 saturated carbocycles. The molecule has 0 saturated heterocycles. The average molecular weight is 335 g/mol. The summed E-state index contributed by atoms with van der Waals surface area (Å²) in [5.74, 6) is 1.69. The van der Waals surface area contributed by atoms with Gasteiger partial charge in [-0.1, -0.05) is 0 Å². The molecule has 3 rings (SSSR count). The van der Waals surface area contributed by atoms with Crippen molar-refractivity contribution in [2.24, 2.45) is 0 Å². The molecule has 0 fully saturated rings. The summed E-state index contributed by atoms with van der Waals surface area (Å²) < 4.78 is 19.7. The smallest absolute Gasteiger partial charge is 0.274 e. The molecule has 0 radical (unpaired) electrons. The minimum absolute atomic E-state index is 0.129. The van der Waals surface area contributed by atoms with Crippen LogP contribution in [0.4, 0.5) is 10.3 Å². The summed E-state index contributed by atoms with van der Waals surface area (Å²) in [4.78, 5) is 20.1. The zero-order valence-electron chi connectivity index (χ0n) is 12.2. The molecule has 0 bridgehead atoms. The number of nitrogen functional groups attached to an aromatic ring is 1. The number of halogens is 1. The van der Waals surface area contributed by atoms with Crippen molar-refractivity contribution in [3.63, 3.8) is 0 Å². The lowest BCUT2D eigenvalue weighted by Crippen LogP contribution is -2.15. The van der Waals surface area contributed by atoms with Gasteiger partial charge in [-0.25, -0.2) is 9.37 Å². The summed E-state index contributed by atoms with van der Waals surface area (Å²) in [6, 6.07) is 5.80. The maximum absolute atomic E-state index is 13.3. The molecule has 0 aliphatic heterocycles. The number of rotatable bonds is 5. The van der Waals surface area contributed by atoms with E-state index < -0.39 is 0 Å². The highest BCUT2D eigenvalue weighted by molar-refractivity contribution is 7.97. The fourth-order valence-electron chi connectivity index (χ4n) is 2.14. The van der Waals surface area contributed by atoms with Gasteiger partial charge in [0.1, 0.15) is 11.6 Å². The van der Waals surface area contributed by atoms with Gasteiger partial charge in [0.05, 0.1) is 12.8 Å². The van der Waals surface area contributed by atoms with Crippen LogP contribution in [0, 0.1) is 5.82 Å². The van der Waals surface area contributed by atoms with E-state index in [1.165, 1.54) is 34.5 Å². The molecule has 0 aliphatic carbocycles. The normalized spacial score (nSPS) is 11.0. The second kappa shape index (κ2) is 6.29. The molecule has 2 aromatic heterocycles. The molecule has 3 aromatic rings. The van der Waals surface area contributed by atoms with E-state index in [4.69, 9.17) is 10.5 Å². The number of nitrogens with two attached hydrogens (primary N) is 1. The number of anilines is 1. The van der Waals surface area contributed by atoms with Gasteiger partial charge in [0.2, 0.25) is 5.95 Å². The molecule has 0 amide bonds. The number of ether oxygens (including phenoxy) is 1. The Morgan fingerprint density at radius 2 is 2.17 bits per heavy atom. The number of benzene rings is 1. The average Bonchev–Trinajstić information content (AvgIpc) is 2.88. The third-order valence-electron chi connectivity index (χ3n) is 3.15. The first-order chi connectivity index (χ1) is 11.1. The van der Waals surface area contributed by atoms with Crippen LogP contribution in [0.15, 0.2) is 29.1 Å². The number of thioether (sulfide) groups is 1. The van der Waals surface area contributed by atoms with Crippen molar-refractivity contribution >= 4 is 23.5 Å². The molecular formula is C14H14FN5O2S. The van der Waals surface area contributed by atoms with Gasteiger partial charge in [0.25, 0.3) is 11.3 Å². The van der Waals surface area contributed by atoms with Crippen molar-refractivity contribution in [3.8, 4) is 5.75 Å². The number of hydrogen-bond donors (Lipinski definition) is 2. The molecule has 7 nitrogen and oxygen atoms in total. The summed E-state index contributed by atoms with van der Waals surface area (Å²) in [6.45, 7) is 0. The van der Waals surface area contributed by atoms with Crippen LogP contribution >= 0.6 is 11.8 Å². The largest absolute Gasteiger partial charge is 0.496 e. The lowest BCUT2D eigenvalue weighted by Gasteiger charge is -2.08. The van der Waals surface area contributed by atoms with E-state index in [0.717, 1.165) is 5.56 Å². The number of H-pyrrole nitrogens is 1. The fourth-order valence-corrected chi connectivity index (χ4v) is 3.05. The van der Waals surface area contributed by atoms with Crippen LogP contribution < -0.4 is 16.0 Å². The second-order valence-corrected chi connectivity index (χ2v) is 5.76. The molecule has 0 atom stereocenters. The van der Waals surface area contributed by atoms with E-state index in [-0.39, 0.29) is 23.1 Å². The van der Waals surface area contributed by atoms with Gasteiger partial charge in [-0.2, -0.15) is 21.3 Å². The van der Waals surface area contributed by atoms with Gasteiger partial charge in [0.15, 0.2) is 0 Å². The SMILES string of the molecule is COc1ccc(F)cc1CSCc1cc(=O)n2[nH]c(N)nc2n1. The maximum atomic E-state index is 13.3. The van der Waals surface area contributed by atoms with Gasteiger partial charge in [-0.15, -0.1) is 0 Å². The van der Waals surface area contributed by atoms with Crippen LogP contribution in [0.1, 0.15) is 11.3 Å². The van der Waals surface area contributed by atoms with Crippen LogP contribution in [0.5, 0.6) is 5.75 Å². The number of hydrogen-bond acceptors (Lipinski definition) is 6. The molecule has 0 aliphatic rings. The highest BCUT2D eigenvalue weighted by Crippen LogP contribution is 2.25. The standard InChI is InChI=1S/C14H14FN5O2S/c1-22-11-3-2-9(15)4-8(11)6-23-7-10-5-12(21)20-14(17-10)18-13(16)19-20/h2-5H,6-7H2,1H3,(H3,16,17,18,19). The zero-order chi connectivity index (χ0) is 16.4. The Kier molecular flexibility index (Phi) is 4.20. The molecule has 0 spiro atoms. The Morgan fingerprint density at radius 1 is 1.35 bits per heavy atom. The van der Waals surface area contributed by atoms with E-state index in [1.54, 1.807) is 13.2 Å². The summed E-state index contributed by atoms with van der Waals surface area (Å²) in [5.41, 5.74) is 6.57. The van der Waals surface area contributed by atoms with Crippen molar-refractivity contribution in [2.75, 3.05) is 12.8 Å². The maximum Gasteiger partial charge on any atom is 0.274 e. The van der Waals surface area contributed by atoms with Gasteiger partial charge in [-0.3, -0.25) is 9.89 Å². The lowest BCUT2D eigenvalue weighted by molar-refractivity contribution is 0.410. The summed E-state index contributed by atoms with van der Waals surface area (Å²) in [7, 11) is 1.54. The second-order valence-electron chi connectivity index (χ2n) is 4.78. The summed E-state index contributed by atoms with van der Waals surface area (Å²) >= 11 is 1.50. The Balaban J connectivity index is 1.74. The lowest BCUT2D eigenvalue weighted by atomic mass is 10.2. The number of methoxy groups -OCH3 is 1. The monoisotopic (exact) mass is 335 g/mol. The molecular weight excluding hydrogens is 321 g/mol. The van der Waals surface area contributed by atoms with Crippen LogP contribution in [0.2, 0.25) is 0 Å². The first-order valence-corrected chi connectivity index (χ1v) is 7.86. The quantitative estimate of drug-likeness (QED) is 0.734. The highest BCUT2D eigenvalue weighted by atomic mass is 32.2. The molecule has 120 valence electrons. The molecule has 3 N–H and O–H groups in total. The number of fused-ring (bicyclic) bond motifs is 1. The first kappa shape index (κ1) is 15.3. The predicted molar refractivity (Wildman–Crippen MR) is 86.0 cm³/mol. The zero-order valence-corrected chi connectivity index (χ0v) is 13.1. The van der Waals surface area contributed by atoms with Crippen LogP contribution in [-0.4, -0.2) is 26.7 Å². The fraction of sp³-hybridized carbons (Fsp3) is 0.214. The summed E-state index contributed by atoms with van der Waals surface area (Å²) in [5, 5.41) is 2.60. The molecule has 23 heavy (non-hydrogen) atoms. The van der Waals surface area contributed by atoms with Crippen LogP contribution in [0.3, 0.4) is 0 Å². The molecule has 0 unspecified atom stereocenters. The van der Waals surface area contributed by atoms with E-state index in [1.807, 2.05) is 0 Å². The third kappa shape index (κ3) is 3.29. The van der Waals surface area contributed by atoms with Crippen molar-refractivity contribution in [3.05, 3.63) is 51.7 Å². The van der Waals surface area contributed by atoms with E-state index in [2.05, 4.69) is 15.1 Å². The summed E-state index contributed by atoms with van der Waals surface area (Å²) in [6.07, 6.45) is 0.